The number of hydrogen-bond acceptors (Lipinski definition) is 5. The second-order valence-corrected chi connectivity index (χ2v) is 8.44. The first-order valence-electron chi connectivity index (χ1n) is 11.3. The molecule has 1 aliphatic rings. The van der Waals surface area contributed by atoms with Crippen molar-refractivity contribution in [1.29, 1.82) is 0 Å². The van der Waals surface area contributed by atoms with E-state index in [1.165, 1.54) is 4.90 Å². The number of methoxy groups -OCH3 is 2. The summed E-state index contributed by atoms with van der Waals surface area (Å²) in [5.41, 5.74) is 2.41. The van der Waals surface area contributed by atoms with Gasteiger partial charge in [-0.2, -0.15) is 0 Å². The van der Waals surface area contributed by atoms with Crippen LogP contribution in [-0.2, 0) is 16.0 Å². The molecule has 1 fully saturated rings. The molecule has 0 bridgehead atoms. The molecule has 0 unspecified atom stereocenters. The summed E-state index contributed by atoms with van der Waals surface area (Å²) in [6.45, 7) is 0.501. The Morgan fingerprint density at radius 2 is 1.51 bits per heavy atom. The van der Waals surface area contributed by atoms with E-state index >= 15 is 0 Å². The molecule has 1 heterocycles. The van der Waals surface area contributed by atoms with Crippen molar-refractivity contribution in [3.63, 3.8) is 0 Å². The van der Waals surface area contributed by atoms with Crippen molar-refractivity contribution in [1.82, 2.24) is 4.90 Å². The summed E-state index contributed by atoms with van der Waals surface area (Å²) in [6.07, 6.45) is 0.646. The van der Waals surface area contributed by atoms with E-state index in [1.54, 1.807) is 38.5 Å². The van der Waals surface area contributed by atoms with Crippen LogP contribution in [0.25, 0.3) is 0 Å². The lowest BCUT2D eigenvalue weighted by atomic mass is 10.1. The molecule has 35 heavy (non-hydrogen) atoms. The largest absolute Gasteiger partial charge is 0.497 e. The minimum absolute atomic E-state index is 0.0169. The minimum Gasteiger partial charge on any atom is -0.497 e. The van der Waals surface area contributed by atoms with Crippen molar-refractivity contribution in [2.45, 2.75) is 18.9 Å². The fourth-order valence-electron chi connectivity index (χ4n) is 4.01. The molecule has 1 N–H and O–H groups in total. The molecule has 2 amide bonds. The molecule has 0 saturated carbocycles. The molecule has 1 atom stereocenters. The van der Waals surface area contributed by atoms with Gasteiger partial charge in [-0.15, -0.1) is 0 Å². The number of hydrogen-bond donors (Lipinski definition) is 1. The molecule has 7 nitrogen and oxygen atoms in total. The topological polar surface area (TPSA) is 71.1 Å². The summed E-state index contributed by atoms with van der Waals surface area (Å²) in [6, 6.07) is 23.4. The molecule has 3 aromatic carbocycles. The highest BCUT2D eigenvalue weighted by atomic mass is 32.1. The van der Waals surface area contributed by atoms with Gasteiger partial charge in [0.05, 0.1) is 26.3 Å². The molecule has 0 aromatic heterocycles. The first-order valence-corrected chi connectivity index (χ1v) is 11.7. The summed E-state index contributed by atoms with van der Waals surface area (Å²) in [5, 5.41) is 3.27. The molecule has 0 aliphatic carbocycles. The van der Waals surface area contributed by atoms with Gasteiger partial charge in [0.25, 0.3) is 5.91 Å². The lowest BCUT2D eigenvalue weighted by molar-refractivity contribution is -0.124. The van der Waals surface area contributed by atoms with Crippen molar-refractivity contribution in [3.8, 4) is 11.5 Å². The van der Waals surface area contributed by atoms with Crippen molar-refractivity contribution < 1.29 is 19.1 Å². The summed E-state index contributed by atoms with van der Waals surface area (Å²) < 4.78 is 10.4. The van der Waals surface area contributed by atoms with Gasteiger partial charge in [0.15, 0.2) is 5.11 Å². The van der Waals surface area contributed by atoms with Gasteiger partial charge >= 0.3 is 0 Å². The lowest BCUT2D eigenvalue weighted by Crippen LogP contribution is -2.39. The predicted octanol–water partition coefficient (Wildman–Crippen LogP) is 4.28. The van der Waals surface area contributed by atoms with Crippen LogP contribution in [0.4, 0.5) is 11.4 Å². The van der Waals surface area contributed by atoms with E-state index in [9.17, 15) is 9.59 Å². The number of benzene rings is 3. The molecule has 8 heteroatoms. The van der Waals surface area contributed by atoms with E-state index in [1.807, 2.05) is 59.5 Å². The van der Waals surface area contributed by atoms with Gasteiger partial charge < -0.3 is 19.7 Å². The first kappa shape index (κ1) is 24.2. The minimum atomic E-state index is -0.695. The van der Waals surface area contributed by atoms with Crippen LogP contribution < -0.4 is 19.7 Å². The van der Waals surface area contributed by atoms with Crippen molar-refractivity contribution in [2.75, 3.05) is 31.0 Å². The van der Waals surface area contributed by atoms with Crippen LogP contribution in [0.2, 0.25) is 0 Å². The zero-order valence-corrected chi connectivity index (χ0v) is 20.5. The Balaban J connectivity index is 1.52. The molecule has 3 aromatic rings. The number of ether oxygens (including phenoxy) is 2. The highest BCUT2D eigenvalue weighted by Gasteiger charge is 2.43. The first-order chi connectivity index (χ1) is 17.0. The maximum Gasteiger partial charge on any atom is 0.256 e. The number of rotatable bonds is 9. The Morgan fingerprint density at radius 1 is 0.914 bits per heavy atom. The summed E-state index contributed by atoms with van der Waals surface area (Å²) in [4.78, 5) is 29.8. The Labute approximate surface area is 210 Å². The molecule has 0 radical (unpaired) electrons. The highest BCUT2D eigenvalue weighted by Crippen LogP contribution is 2.28. The average Bonchev–Trinajstić information content (AvgIpc) is 3.12. The predicted molar refractivity (Wildman–Crippen MR) is 140 cm³/mol. The van der Waals surface area contributed by atoms with E-state index in [0.717, 1.165) is 11.3 Å². The smallest absolute Gasteiger partial charge is 0.256 e. The molecule has 0 spiro atoms. The number of anilines is 2. The maximum atomic E-state index is 13.5. The van der Waals surface area contributed by atoms with Crippen LogP contribution >= 0.6 is 12.2 Å². The number of thiocarbonyl (C=S) groups is 1. The fraction of sp³-hybridized carbons (Fsp3) is 0.222. The van der Waals surface area contributed by atoms with Crippen LogP contribution in [-0.4, -0.2) is 48.6 Å². The zero-order valence-electron chi connectivity index (χ0n) is 19.6. The number of nitrogens with one attached hydrogen (secondary N) is 1. The average molecular weight is 490 g/mol. The SMILES string of the molecule is COc1ccc(CCN2C(=S)N(c3ccccc3)C(=O)[C@H]2CC(=O)Nc2ccc(OC)cc2)cc1. The second kappa shape index (κ2) is 11.0. The van der Waals surface area contributed by atoms with Gasteiger partial charge in [-0.25, -0.2) is 0 Å². The maximum absolute atomic E-state index is 13.5. The van der Waals surface area contributed by atoms with E-state index < -0.39 is 6.04 Å². The standard InChI is InChI=1S/C27H27N3O4S/c1-33-22-12-8-19(9-13-22)16-17-29-24(18-25(31)28-20-10-14-23(34-2)15-11-20)26(32)30(27(29)35)21-6-4-3-5-7-21/h3-15,24H,16-18H2,1-2H3,(H,28,31)/t24-/m1/s1. The van der Waals surface area contributed by atoms with Crippen LogP contribution in [0.15, 0.2) is 78.9 Å². The Kier molecular flexibility index (Phi) is 7.62. The van der Waals surface area contributed by atoms with Gasteiger partial charge in [0, 0.05) is 12.2 Å². The van der Waals surface area contributed by atoms with Gasteiger partial charge in [0.2, 0.25) is 5.91 Å². The molecule has 1 aliphatic heterocycles. The number of nitrogens with zero attached hydrogens (tertiary/aromatic N) is 2. The molecular weight excluding hydrogens is 462 g/mol. The van der Waals surface area contributed by atoms with Crippen LogP contribution in [0.1, 0.15) is 12.0 Å². The van der Waals surface area contributed by atoms with Crippen molar-refractivity contribution >= 4 is 40.5 Å². The normalized spacial score (nSPS) is 15.3. The van der Waals surface area contributed by atoms with Crippen molar-refractivity contribution in [2.24, 2.45) is 0 Å². The quantitative estimate of drug-likeness (QED) is 0.453. The van der Waals surface area contributed by atoms with Crippen LogP contribution in [0.5, 0.6) is 11.5 Å². The van der Waals surface area contributed by atoms with E-state index in [4.69, 9.17) is 21.7 Å². The lowest BCUT2D eigenvalue weighted by Gasteiger charge is -2.24. The summed E-state index contributed by atoms with van der Waals surface area (Å²) in [7, 11) is 3.21. The van der Waals surface area contributed by atoms with Gasteiger partial charge in [-0.1, -0.05) is 30.3 Å². The molecule has 4 rings (SSSR count). The van der Waals surface area contributed by atoms with Gasteiger partial charge in [-0.3, -0.25) is 14.5 Å². The van der Waals surface area contributed by atoms with E-state index in [-0.39, 0.29) is 18.2 Å². The third-order valence-electron chi connectivity index (χ3n) is 5.89. The van der Waals surface area contributed by atoms with Gasteiger partial charge in [-0.05, 0) is 72.7 Å². The Hall–Kier alpha value is -3.91. The highest BCUT2D eigenvalue weighted by molar-refractivity contribution is 7.80. The van der Waals surface area contributed by atoms with E-state index in [0.29, 0.717) is 35.2 Å². The summed E-state index contributed by atoms with van der Waals surface area (Å²) >= 11 is 5.73. The number of amides is 2. The Bertz CT molecular complexity index is 1180. The van der Waals surface area contributed by atoms with Crippen molar-refractivity contribution in [3.05, 3.63) is 84.4 Å². The third-order valence-corrected chi connectivity index (χ3v) is 6.30. The van der Waals surface area contributed by atoms with Crippen LogP contribution in [0, 0.1) is 0 Å². The zero-order chi connectivity index (χ0) is 24.8. The van der Waals surface area contributed by atoms with E-state index in [2.05, 4.69) is 5.32 Å². The third kappa shape index (κ3) is 5.60. The summed E-state index contributed by atoms with van der Waals surface area (Å²) in [5.74, 6) is 1.01. The molecule has 1 saturated heterocycles. The number of carbonyl (C=O) groups is 2. The molecule has 180 valence electrons. The second-order valence-electron chi connectivity index (χ2n) is 8.08. The van der Waals surface area contributed by atoms with Crippen LogP contribution in [0.3, 0.4) is 0 Å². The van der Waals surface area contributed by atoms with Gasteiger partial charge in [0.1, 0.15) is 17.5 Å². The molecular formula is C27H27N3O4S. The fourth-order valence-corrected chi connectivity index (χ4v) is 4.42. The monoisotopic (exact) mass is 489 g/mol. The Morgan fingerprint density at radius 3 is 2.11 bits per heavy atom. The number of carbonyl (C=O) groups excluding carboxylic acids is 2. The number of para-hydroxylation sites is 1.